The monoisotopic (exact) mass is 364 g/mol. The molecule has 2 N–H and O–H groups in total. The number of carbonyl (C=O) groups is 1. The second kappa shape index (κ2) is 6.95. The van der Waals surface area contributed by atoms with E-state index in [-0.39, 0.29) is 17.7 Å². The van der Waals surface area contributed by atoms with Crippen molar-refractivity contribution in [1.29, 1.82) is 0 Å². The molecule has 140 valence electrons. The van der Waals surface area contributed by atoms with Gasteiger partial charge in [0.1, 0.15) is 0 Å². The van der Waals surface area contributed by atoms with Crippen LogP contribution in [-0.4, -0.2) is 37.0 Å². The zero-order valence-electron chi connectivity index (χ0n) is 15.6. The summed E-state index contributed by atoms with van der Waals surface area (Å²) in [6.45, 7) is 5.41. The summed E-state index contributed by atoms with van der Waals surface area (Å²) < 4.78 is 2.00. The highest BCUT2D eigenvalue weighted by atomic mass is 16.3. The molecule has 1 amide bonds. The Kier molecular flexibility index (Phi) is 4.48. The summed E-state index contributed by atoms with van der Waals surface area (Å²) in [5.74, 6) is -0.365. The number of aromatic amines is 1. The average Bonchev–Trinajstić information content (AvgIpc) is 3.36. The van der Waals surface area contributed by atoms with Gasteiger partial charge >= 0.3 is 0 Å². The first-order valence-corrected chi connectivity index (χ1v) is 9.36. The van der Waals surface area contributed by atoms with E-state index in [2.05, 4.69) is 35.1 Å². The molecular formula is C21H24N4O2. The molecule has 1 aliphatic rings. The summed E-state index contributed by atoms with van der Waals surface area (Å²) in [5.41, 5.74) is 4.08. The van der Waals surface area contributed by atoms with Gasteiger partial charge in [-0.15, -0.1) is 0 Å². The lowest BCUT2D eigenvalue weighted by Crippen LogP contribution is -2.31. The number of nitrogens with one attached hydrogen (secondary N) is 1. The Morgan fingerprint density at radius 2 is 2.15 bits per heavy atom. The molecular weight excluding hydrogens is 340 g/mol. The number of H-pyrrole nitrogens is 1. The van der Waals surface area contributed by atoms with Crippen LogP contribution < -0.4 is 0 Å². The van der Waals surface area contributed by atoms with Crippen LogP contribution in [-0.2, 0) is 11.3 Å². The van der Waals surface area contributed by atoms with Gasteiger partial charge in [0.05, 0.1) is 12.4 Å². The van der Waals surface area contributed by atoms with Gasteiger partial charge in [-0.25, -0.2) is 4.98 Å². The Hall–Kier alpha value is -3.02. The molecule has 6 heteroatoms. The highest BCUT2D eigenvalue weighted by Gasteiger charge is 2.40. The molecule has 27 heavy (non-hydrogen) atoms. The summed E-state index contributed by atoms with van der Waals surface area (Å²) in [6, 6.07) is 6.05. The maximum atomic E-state index is 12.8. The fourth-order valence-electron chi connectivity index (χ4n) is 3.99. The van der Waals surface area contributed by atoms with Crippen LogP contribution in [0.1, 0.15) is 36.9 Å². The molecule has 0 spiro atoms. The predicted octanol–water partition coefficient (Wildman–Crippen LogP) is 3.87. The van der Waals surface area contributed by atoms with E-state index >= 15 is 0 Å². The number of hydrogen-bond donors (Lipinski definition) is 2. The van der Waals surface area contributed by atoms with E-state index in [1.807, 2.05) is 23.9 Å². The SMILES string of the molecule is CCC1=C(O)C(=O)N(CCCn2ccnc2)C1c1c[nH]c2cc(C)ccc12. The standard InChI is InChI=1S/C21H24N4O2/c1-3-15-19(17-12-23-18-11-14(2)5-6-16(17)18)25(21(27)20(15)26)9-4-8-24-10-7-22-13-24/h5-7,10-13,19,23,26H,3-4,8-9H2,1-2H3. The molecule has 0 radical (unpaired) electrons. The molecule has 2 aromatic heterocycles. The number of nitrogens with zero attached hydrogens (tertiary/aromatic N) is 3. The number of imidazole rings is 1. The van der Waals surface area contributed by atoms with Crippen molar-refractivity contribution >= 4 is 16.8 Å². The summed E-state index contributed by atoms with van der Waals surface area (Å²) in [7, 11) is 0. The highest BCUT2D eigenvalue weighted by Crippen LogP contribution is 2.41. The van der Waals surface area contributed by atoms with Gasteiger partial charge in [-0.3, -0.25) is 4.79 Å². The number of amides is 1. The second-order valence-corrected chi connectivity index (χ2v) is 7.08. The first kappa shape index (κ1) is 17.4. The number of rotatable bonds is 6. The maximum absolute atomic E-state index is 12.8. The Labute approximate surface area is 158 Å². The largest absolute Gasteiger partial charge is 0.503 e. The van der Waals surface area contributed by atoms with Gasteiger partial charge in [0.25, 0.3) is 5.91 Å². The Bertz CT molecular complexity index is 1000. The number of carbonyl (C=O) groups excluding carboxylic acids is 1. The van der Waals surface area contributed by atoms with Crippen molar-refractivity contribution in [3.8, 4) is 0 Å². The van der Waals surface area contributed by atoms with E-state index < -0.39 is 0 Å². The maximum Gasteiger partial charge on any atom is 0.289 e. The van der Waals surface area contributed by atoms with Crippen molar-refractivity contribution in [3.05, 3.63) is 65.6 Å². The Morgan fingerprint density at radius 3 is 2.89 bits per heavy atom. The molecule has 1 unspecified atom stereocenters. The van der Waals surface area contributed by atoms with Crippen LogP contribution in [0.15, 0.2) is 54.4 Å². The first-order chi connectivity index (χ1) is 13.1. The lowest BCUT2D eigenvalue weighted by molar-refractivity contribution is -0.129. The van der Waals surface area contributed by atoms with Crippen LogP contribution in [0, 0.1) is 6.92 Å². The molecule has 1 aromatic carbocycles. The zero-order valence-corrected chi connectivity index (χ0v) is 15.6. The smallest absolute Gasteiger partial charge is 0.289 e. The molecule has 1 atom stereocenters. The van der Waals surface area contributed by atoms with Gasteiger partial charge in [0, 0.05) is 53.7 Å². The number of aryl methyl sites for hydroxylation is 2. The summed E-state index contributed by atoms with van der Waals surface area (Å²) in [6.07, 6.45) is 8.85. The third-order valence-electron chi connectivity index (χ3n) is 5.33. The van der Waals surface area contributed by atoms with Gasteiger partial charge in [-0.2, -0.15) is 0 Å². The lowest BCUT2D eigenvalue weighted by Gasteiger charge is -2.26. The topological polar surface area (TPSA) is 74.2 Å². The van der Waals surface area contributed by atoms with Crippen molar-refractivity contribution in [3.63, 3.8) is 0 Å². The van der Waals surface area contributed by atoms with Gasteiger partial charge in [-0.1, -0.05) is 19.1 Å². The van der Waals surface area contributed by atoms with Crippen LogP contribution in [0.4, 0.5) is 0 Å². The normalized spacial score (nSPS) is 17.5. The van der Waals surface area contributed by atoms with Crippen LogP contribution in [0.25, 0.3) is 10.9 Å². The minimum absolute atomic E-state index is 0.0911. The quantitative estimate of drug-likeness (QED) is 0.697. The van der Waals surface area contributed by atoms with E-state index in [1.54, 1.807) is 17.4 Å². The third kappa shape index (κ3) is 3.01. The number of aliphatic hydroxyl groups excluding tert-OH is 1. The van der Waals surface area contributed by atoms with E-state index in [0.717, 1.165) is 35.0 Å². The fraction of sp³-hybridized carbons (Fsp3) is 0.333. The zero-order chi connectivity index (χ0) is 19.0. The number of fused-ring (bicyclic) bond motifs is 1. The minimum Gasteiger partial charge on any atom is -0.503 e. The van der Waals surface area contributed by atoms with E-state index in [0.29, 0.717) is 13.0 Å². The van der Waals surface area contributed by atoms with Crippen molar-refractivity contribution in [2.24, 2.45) is 0 Å². The van der Waals surface area contributed by atoms with Gasteiger partial charge in [0.2, 0.25) is 0 Å². The predicted molar refractivity (Wildman–Crippen MR) is 104 cm³/mol. The Balaban J connectivity index is 1.65. The van der Waals surface area contributed by atoms with Crippen LogP contribution in [0.5, 0.6) is 0 Å². The molecule has 3 aromatic rings. The molecule has 0 saturated heterocycles. The van der Waals surface area contributed by atoms with Crippen molar-refractivity contribution < 1.29 is 9.90 Å². The van der Waals surface area contributed by atoms with Gasteiger partial charge < -0.3 is 19.6 Å². The number of aromatic nitrogens is 3. The Morgan fingerprint density at radius 1 is 1.30 bits per heavy atom. The molecule has 3 heterocycles. The third-order valence-corrected chi connectivity index (χ3v) is 5.33. The molecule has 1 aliphatic heterocycles. The fourth-order valence-corrected chi connectivity index (χ4v) is 3.99. The van der Waals surface area contributed by atoms with E-state index in [4.69, 9.17) is 0 Å². The molecule has 0 fully saturated rings. The van der Waals surface area contributed by atoms with Crippen molar-refractivity contribution in [2.75, 3.05) is 6.54 Å². The average molecular weight is 364 g/mol. The number of benzene rings is 1. The second-order valence-electron chi connectivity index (χ2n) is 7.08. The highest BCUT2D eigenvalue weighted by molar-refractivity contribution is 5.97. The minimum atomic E-state index is -0.274. The van der Waals surface area contributed by atoms with E-state index in [9.17, 15) is 9.90 Å². The van der Waals surface area contributed by atoms with E-state index in [1.165, 1.54) is 5.56 Å². The summed E-state index contributed by atoms with van der Waals surface area (Å²) >= 11 is 0. The number of hydrogen-bond acceptors (Lipinski definition) is 3. The summed E-state index contributed by atoms with van der Waals surface area (Å²) in [4.78, 5) is 21.9. The number of aliphatic hydroxyl groups is 1. The van der Waals surface area contributed by atoms with Crippen molar-refractivity contribution in [1.82, 2.24) is 19.4 Å². The van der Waals surface area contributed by atoms with Gasteiger partial charge in [-0.05, 0) is 31.4 Å². The first-order valence-electron chi connectivity index (χ1n) is 9.36. The van der Waals surface area contributed by atoms with Crippen LogP contribution in [0.3, 0.4) is 0 Å². The lowest BCUT2D eigenvalue weighted by atomic mass is 9.96. The van der Waals surface area contributed by atoms with Crippen LogP contribution in [0.2, 0.25) is 0 Å². The molecule has 0 bridgehead atoms. The van der Waals surface area contributed by atoms with Gasteiger partial charge in [0.15, 0.2) is 5.76 Å². The van der Waals surface area contributed by atoms with Crippen LogP contribution >= 0.6 is 0 Å². The molecule has 0 aliphatic carbocycles. The summed E-state index contributed by atoms with van der Waals surface area (Å²) in [5, 5.41) is 11.6. The molecule has 0 saturated carbocycles. The molecule has 4 rings (SSSR count). The van der Waals surface area contributed by atoms with Crippen molar-refractivity contribution in [2.45, 2.75) is 39.3 Å². The molecule has 6 nitrogen and oxygen atoms in total.